The summed E-state index contributed by atoms with van der Waals surface area (Å²) in [5.74, 6) is 0.308. The van der Waals surface area contributed by atoms with E-state index in [-0.39, 0.29) is 17.9 Å². The smallest absolute Gasteiger partial charge is 0.337 e. The largest absolute Gasteiger partial charge is 0.465 e. The van der Waals surface area contributed by atoms with E-state index in [9.17, 15) is 9.59 Å². The second kappa shape index (κ2) is 8.48. The Balaban J connectivity index is 1.67. The summed E-state index contributed by atoms with van der Waals surface area (Å²) in [6, 6.07) is 12.4. The molecule has 2 aliphatic heterocycles. The molecule has 1 N–H and O–H groups in total. The summed E-state index contributed by atoms with van der Waals surface area (Å²) in [6.07, 6.45) is 6.12. The molecule has 0 bridgehead atoms. The third-order valence-corrected chi connectivity index (χ3v) is 8.80. The predicted molar refractivity (Wildman–Crippen MR) is 142 cm³/mol. The molecule has 0 spiro atoms. The molecule has 36 heavy (non-hydrogen) atoms. The third-order valence-electron chi connectivity index (χ3n) is 8.80. The molecular formula is C30H35N3O3. The SMILES string of the molecule is CNC1c2cccc3c2N(CCn2c-3c(C3CCCCC3)c3ccc(C(=O)OC)cc32)C(=O)C1(C)C. The molecule has 0 saturated heterocycles. The van der Waals surface area contributed by atoms with Crippen molar-refractivity contribution in [1.29, 1.82) is 0 Å². The lowest BCUT2D eigenvalue weighted by molar-refractivity contribution is -0.128. The van der Waals surface area contributed by atoms with Gasteiger partial charge in [0.2, 0.25) is 5.91 Å². The number of anilines is 1. The first-order valence-electron chi connectivity index (χ1n) is 13.3. The minimum atomic E-state index is -0.550. The van der Waals surface area contributed by atoms with E-state index in [2.05, 4.69) is 34.1 Å². The van der Waals surface area contributed by atoms with Gasteiger partial charge in [-0.15, -0.1) is 0 Å². The average molecular weight is 486 g/mol. The zero-order valence-electron chi connectivity index (χ0n) is 21.7. The van der Waals surface area contributed by atoms with Crippen molar-refractivity contribution in [3.63, 3.8) is 0 Å². The number of nitrogens with zero attached hydrogens (tertiary/aromatic N) is 2. The van der Waals surface area contributed by atoms with Crippen LogP contribution in [-0.4, -0.2) is 37.1 Å². The molecule has 6 nitrogen and oxygen atoms in total. The van der Waals surface area contributed by atoms with Gasteiger partial charge in [-0.1, -0.05) is 43.5 Å². The number of hydrogen-bond donors (Lipinski definition) is 1. The van der Waals surface area contributed by atoms with Gasteiger partial charge in [0, 0.05) is 35.6 Å². The summed E-state index contributed by atoms with van der Waals surface area (Å²) in [7, 11) is 3.37. The number of aromatic nitrogens is 1. The molecule has 1 fully saturated rings. The van der Waals surface area contributed by atoms with E-state index in [0.29, 0.717) is 24.6 Å². The van der Waals surface area contributed by atoms with Crippen LogP contribution >= 0.6 is 0 Å². The number of esters is 1. The van der Waals surface area contributed by atoms with Gasteiger partial charge >= 0.3 is 5.97 Å². The van der Waals surface area contributed by atoms with Gasteiger partial charge in [0.05, 0.1) is 29.5 Å². The van der Waals surface area contributed by atoms with Gasteiger partial charge in [-0.3, -0.25) is 4.79 Å². The van der Waals surface area contributed by atoms with Crippen LogP contribution in [0.3, 0.4) is 0 Å². The van der Waals surface area contributed by atoms with Crippen LogP contribution in [0.25, 0.3) is 22.2 Å². The van der Waals surface area contributed by atoms with Crippen molar-refractivity contribution in [3.8, 4) is 11.3 Å². The third kappa shape index (κ3) is 3.20. The molecule has 1 unspecified atom stereocenters. The maximum Gasteiger partial charge on any atom is 0.337 e. The topological polar surface area (TPSA) is 63.6 Å². The molecule has 3 aromatic rings. The normalized spacial score (nSPS) is 21.2. The van der Waals surface area contributed by atoms with Crippen LogP contribution in [0.1, 0.15) is 79.4 Å². The minimum Gasteiger partial charge on any atom is -0.465 e. The first-order chi connectivity index (χ1) is 17.4. The monoisotopic (exact) mass is 485 g/mol. The van der Waals surface area contributed by atoms with Gasteiger partial charge in [0.1, 0.15) is 0 Å². The maximum absolute atomic E-state index is 13.9. The van der Waals surface area contributed by atoms with Gasteiger partial charge < -0.3 is 19.5 Å². The van der Waals surface area contributed by atoms with Crippen LogP contribution in [0.15, 0.2) is 36.4 Å². The van der Waals surface area contributed by atoms with Crippen LogP contribution in [-0.2, 0) is 16.1 Å². The molecule has 1 aliphatic carbocycles. The summed E-state index contributed by atoms with van der Waals surface area (Å²) in [5.41, 5.74) is 7.04. The number of fused-ring (bicyclic) bond motifs is 4. The molecular weight excluding hydrogens is 450 g/mol. The zero-order valence-corrected chi connectivity index (χ0v) is 21.7. The summed E-state index contributed by atoms with van der Waals surface area (Å²) in [4.78, 5) is 28.3. The fourth-order valence-electron chi connectivity index (χ4n) is 7.13. The van der Waals surface area contributed by atoms with Gasteiger partial charge in [-0.2, -0.15) is 0 Å². The predicted octanol–water partition coefficient (Wildman–Crippen LogP) is 5.79. The average Bonchev–Trinajstić information content (AvgIpc) is 3.11. The Morgan fingerprint density at radius 2 is 1.86 bits per heavy atom. The lowest BCUT2D eigenvalue weighted by Crippen LogP contribution is -2.52. The molecule has 1 amide bonds. The summed E-state index contributed by atoms with van der Waals surface area (Å²) < 4.78 is 7.41. The summed E-state index contributed by atoms with van der Waals surface area (Å²) >= 11 is 0. The molecule has 1 aromatic heterocycles. The van der Waals surface area contributed by atoms with E-state index in [1.54, 1.807) is 0 Å². The zero-order chi connectivity index (χ0) is 25.2. The molecule has 6 rings (SSSR count). The first kappa shape index (κ1) is 23.3. The van der Waals surface area contributed by atoms with Gasteiger partial charge in [-0.05, 0) is 62.9 Å². The van der Waals surface area contributed by atoms with Crippen molar-refractivity contribution in [1.82, 2.24) is 9.88 Å². The van der Waals surface area contributed by atoms with Gasteiger partial charge in [0.25, 0.3) is 0 Å². The maximum atomic E-state index is 13.9. The fourth-order valence-corrected chi connectivity index (χ4v) is 7.13. The summed E-state index contributed by atoms with van der Waals surface area (Å²) in [5, 5.41) is 4.67. The lowest BCUT2D eigenvalue weighted by atomic mass is 9.74. The minimum absolute atomic E-state index is 0.0591. The number of benzene rings is 2. The standard InChI is InChI=1S/C30H35N3O3/c1-30(2)27(31-3)22-12-8-11-21-25(22)33(29(30)35)16-15-32-23-17-19(28(34)36-4)13-14-20(23)24(26(21)32)18-9-6-5-7-10-18/h8,11-14,17-18,27,31H,5-7,9-10,15-16H2,1-4H3. The van der Waals surface area contributed by atoms with Crippen molar-refractivity contribution in [3.05, 3.63) is 53.1 Å². The second-order valence-electron chi connectivity index (χ2n) is 11.1. The van der Waals surface area contributed by atoms with E-state index in [0.717, 1.165) is 16.8 Å². The highest BCUT2D eigenvalue weighted by Crippen LogP contribution is 2.53. The van der Waals surface area contributed by atoms with Crippen molar-refractivity contribution < 1.29 is 14.3 Å². The molecule has 1 atom stereocenters. The highest BCUT2D eigenvalue weighted by Gasteiger charge is 2.48. The molecule has 3 aliphatic rings. The van der Waals surface area contributed by atoms with Crippen LogP contribution in [0.5, 0.6) is 0 Å². The Hall–Kier alpha value is -3.12. The Kier molecular flexibility index (Phi) is 5.48. The Morgan fingerprint density at radius 3 is 2.58 bits per heavy atom. The highest BCUT2D eigenvalue weighted by atomic mass is 16.5. The highest BCUT2D eigenvalue weighted by molar-refractivity contribution is 6.07. The van der Waals surface area contributed by atoms with Crippen LogP contribution in [0, 0.1) is 5.41 Å². The molecule has 6 heteroatoms. The number of ether oxygens (including phenoxy) is 1. The number of nitrogens with one attached hydrogen (secondary N) is 1. The second-order valence-corrected chi connectivity index (χ2v) is 11.1. The fraction of sp³-hybridized carbons (Fsp3) is 0.467. The first-order valence-corrected chi connectivity index (χ1v) is 13.3. The molecule has 1 saturated carbocycles. The Labute approximate surface area is 212 Å². The number of amides is 1. The van der Waals surface area contributed by atoms with Gasteiger partial charge in [0.15, 0.2) is 0 Å². The number of para-hydroxylation sites is 1. The van der Waals surface area contributed by atoms with Crippen LogP contribution in [0.2, 0.25) is 0 Å². The van der Waals surface area contributed by atoms with E-state index in [4.69, 9.17) is 4.74 Å². The van der Waals surface area contributed by atoms with Gasteiger partial charge in [-0.25, -0.2) is 4.79 Å². The number of rotatable bonds is 3. The van der Waals surface area contributed by atoms with E-state index >= 15 is 0 Å². The van der Waals surface area contributed by atoms with E-state index in [1.165, 1.54) is 61.4 Å². The molecule has 3 heterocycles. The van der Waals surface area contributed by atoms with Crippen LogP contribution < -0.4 is 10.2 Å². The lowest BCUT2D eigenvalue weighted by Gasteiger charge is -2.44. The number of carbonyl (C=O) groups is 2. The molecule has 2 aromatic carbocycles. The van der Waals surface area contributed by atoms with Crippen LogP contribution in [0.4, 0.5) is 5.69 Å². The van der Waals surface area contributed by atoms with Crippen molar-refractivity contribution in [2.24, 2.45) is 5.41 Å². The Morgan fingerprint density at radius 1 is 1.08 bits per heavy atom. The van der Waals surface area contributed by atoms with Crippen molar-refractivity contribution in [2.45, 2.75) is 64.5 Å². The quantitative estimate of drug-likeness (QED) is 0.477. The molecule has 188 valence electrons. The number of methoxy groups -OCH3 is 1. The summed E-state index contributed by atoms with van der Waals surface area (Å²) in [6.45, 7) is 5.38. The van der Waals surface area contributed by atoms with Crippen molar-refractivity contribution in [2.75, 3.05) is 25.6 Å². The molecule has 0 radical (unpaired) electrons. The van der Waals surface area contributed by atoms with Crippen molar-refractivity contribution >= 4 is 28.5 Å². The van der Waals surface area contributed by atoms with E-state index in [1.807, 2.05) is 37.9 Å². The Bertz CT molecular complexity index is 1380. The number of hydrogen-bond acceptors (Lipinski definition) is 4. The number of carbonyl (C=O) groups excluding carboxylic acids is 2. The van der Waals surface area contributed by atoms with E-state index < -0.39 is 5.41 Å².